The summed E-state index contributed by atoms with van der Waals surface area (Å²) in [4.78, 5) is 0. The predicted octanol–water partition coefficient (Wildman–Crippen LogP) is 6.28. The second-order valence-electron chi connectivity index (χ2n) is 8.94. The Bertz CT molecular complexity index is 1130. The summed E-state index contributed by atoms with van der Waals surface area (Å²) in [6.45, 7) is 11.2. The fraction of sp³-hybridized carbons (Fsp3) is 0.269. The number of fused-ring (bicyclic) bond motifs is 3. The Balaban J connectivity index is 1.91. The van der Waals surface area contributed by atoms with Crippen LogP contribution in [0.2, 0.25) is 0 Å². The normalized spacial score (nSPS) is 12.0. The topological polar surface area (TPSA) is 3.88 Å². The molecule has 0 fully saturated rings. The van der Waals surface area contributed by atoms with Gasteiger partial charge in [-0.2, -0.15) is 0 Å². The molecule has 0 atom stereocenters. The smallest absolute Gasteiger partial charge is 0.152 e. The van der Waals surface area contributed by atoms with Gasteiger partial charge in [0.15, 0.2) is 6.20 Å². The van der Waals surface area contributed by atoms with Gasteiger partial charge in [0, 0.05) is 0 Å². The van der Waals surface area contributed by atoms with Crippen molar-refractivity contribution in [2.24, 2.45) is 5.41 Å². The lowest BCUT2D eigenvalue weighted by molar-refractivity contribution is -0.571. The molecule has 0 radical (unpaired) electrons. The molecule has 0 spiro atoms. The molecular formula is C26H27N. The first kappa shape index (κ1) is 17.7. The van der Waals surface area contributed by atoms with Crippen molar-refractivity contribution in [3.8, 4) is 5.69 Å². The van der Waals surface area contributed by atoms with E-state index >= 15 is 0 Å². The van der Waals surface area contributed by atoms with E-state index in [4.69, 9.17) is 0 Å². The minimum atomic E-state index is 0.297. The fourth-order valence-corrected chi connectivity index (χ4v) is 4.04. The third-order valence-corrected chi connectivity index (χ3v) is 5.00. The van der Waals surface area contributed by atoms with Crippen LogP contribution in [0.25, 0.3) is 27.4 Å². The second kappa shape index (κ2) is 6.49. The van der Waals surface area contributed by atoms with E-state index < -0.39 is 0 Å². The zero-order valence-electron chi connectivity index (χ0n) is 16.9. The van der Waals surface area contributed by atoms with Crippen molar-refractivity contribution in [2.45, 2.75) is 41.0 Å². The van der Waals surface area contributed by atoms with Crippen LogP contribution in [0.1, 0.15) is 37.5 Å². The summed E-state index contributed by atoms with van der Waals surface area (Å²) in [6, 6.07) is 22.3. The van der Waals surface area contributed by atoms with Crippen molar-refractivity contribution in [1.29, 1.82) is 0 Å². The van der Waals surface area contributed by atoms with Gasteiger partial charge in [-0.05, 0) is 65.6 Å². The molecule has 1 heterocycles. The molecule has 0 aliphatic rings. The van der Waals surface area contributed by atoms with Crippen molar-refractivity contribution < 1.29 is 4.57 Å². The zero-order valence-corrected chi connectivity index (χ0v) is 16.9. The van der Waals surface area contributed by atoms with Crippen molar-refractivity contribution in [3.63, 3.8) is 0 Å². The van der Waals surface area contributed by atoms with Crippen LogP contribution >= 0.6 is 0 Å². The van der Waals surface area contributed by atoms with E-state index in [2.05, 4.69) is 100.0 Å². The number of pyridine rings is 1. The standard InChI is InChI=1S/C26H27N/c1-18-13-19(2)15-22(14-18)27-12-6-7-24-23-10-8-20(17-26(3,4)5)16-21(23)9-11-25(24)27/h6-11,13-16H,17H2,1-5H3. The minimum absolute atomic E-state index is 0.297. The molecule has 4 rings (SSSR count). The van der Waals surface area contributed by atoms with Gasteiger partial charge in [-0.1, -0.05) is 68.3 Å². The first-order valence-electron chi connectivity index (χ1n) is 9.67. The lowest BCUT2D eigenvalue weighted by Crippen LogP contribution is -2.31. The average molecular weight is 354 g/mol. The number of hydrogen-bond donors (Lipinski definition) is 0. The molecule has 0 saturated carbocycles. The van der Waals surface area contributed by atoms with E-state index in [9.17, 15) is 0 Å². The minimum Gasteiger partial charge on any atom is -0.278 e. The van der Waals surface area contributed by atoms with Gasteiger partial charge in [0.1, 0.15) is 11.2 Å². The van der Waals surface area contributed by atoms with Gasteiger partial charge < -0.3 is 0 Å². The Hall–Kier alpha value is -2.67. The van der Waals surface area contributed by atoms with Gasteiger partial charge in [0.05, 0.1) is 0 Å². The molecule has 27 heavy (non-hydrogen) atoms. The monoisotopic (exact) mass is 353 g/mol. The van der Waals surface area contributed by atoms with Crippen LogP contribution in [0, 0.1) is 25.5 Å². The maximum atomic E-state index is 3.41. The summed E-state index contributed by atoms with van der Waals surface area (Å²) in [6.07, 6.45) is 4.50. The van der Waals surface area contributed by atoms with E-state index in [1.165, 1.54) is 44.1 Å². The van der Waals surface area contributed by atoms with Crippen LogP contribution in [0.3, 0.4) is 0 Å². The summed E-state index contributed by atoms with van der Waals surface area (Å²) < 4.78 is 2.18. The van der Waals surface area contributed by atoms with Crippen LogP contribution < -0.4 is 4.57 Å². The molecule has 0 N–H and O–H groups in total. The molecule has 0 saturated heterocycles. The lowest BCUT2D eigenvalue weighted by atomic mass is 9.87. The van der Waals surface area contributed by atoms with Crippen molar-refractivity contribution in [3.05, 3.63) is 83.6 Å². The van der Waals surface area contributed by atoms with E-state index in [0.717, 1.165) is 6.42 Å². The SMILES string of the molecule is Cc1cc(C)cc(-[n+]2[c-]ccc3c4ccc(CC(C)(C)C)cc4ccc32)c1. The van der Waals surface area contributed by atoms with Gasteiger partial charge in [0.25, 0.3) is 0 Å². The second-order valence-corrected chi connectivity index (χ2v) is 8.94. The fourth-order valence-electron chi connectivity index (χ4n) is 4.04. The first-order valence-corrected chi connectivity index (χ1v) is 9.67. The van der Waals surface area contributed by atoms with Crippen LogP contribution in [0.15, 0.2) is 60.7 Å². The summed E-state index contributed by atoms with van der Waals surface area (Å²) in [7, 11) is 0. The highest BCUT2D eigenvalue weighted by Gasteiger charge is 2.13. The molecule has 1 nitrogen and oxygen atoms in total. The third-order valence-electron chi connectivity index (χ3n) is 5.00. The predicted molar refractivity (Wildman–Crippen MR) is 114 cm³/mol. The number of rotatable bonds is 2. The molecule has 0 unspecified atom stereocenters. The highest BCUT2D eigenvalue weighted by molar-refractivity contribution is 6.05. The summed E-state index contributed by atoms with van der Waals surface area (Å²) in [5.41, 5.74) is 6.61. The summed E-state index contributed by atoms with van der Waals surface area (Å²) >= 11 is 0. The molecule has 0 bridgehead atoms. The quantitative estimate of drug-likeness (QED) is 0.227. The van der Waals surface area contributed by atoms with Gasteiger partial charge in [0.2, 0.25) is 0 Å². The number of benzene rings is 3. The van der Waals surface area contributed by atoms with E-state index in [1.54, 1.807) is 0 Å². The molecule has 1 aromatic heterocycles. The van der Waals surface area contributed by atoms with Crippen LogP contribution in [0.4, 0.5) is 0 Å². The maximum absolute atomic E-state index is 3.41. The highest BCUT2D eigenvalue weighted by atomic mass is 15.0. The summed E-state index contributed by atoms with van der Waals surface area (Å²) in [5, 5.41) is 3.88. The number of hydrogen-bond acceptors (Lipinski definition) is 0. The number of aromatic nitrogens is 1. The molecule has 0 amide bonds. The van der Waals surface area contributed by atoms with E-state index in [1.807, 2.05) is 6.07 Å². The molecular weight excluding hydrogens is 326 g/mol. The van der Waals surface area contributed by atoms with E-state index in [-0.39, 0.29) is 0 Å². The molecule has 3 aromatic carbocycles. The van der Waals surface area contributed by atoms with Gasteiger partial charge >= 0.3 is 0 Å². The third kappa shape index (κ3) is 3.60. The van der Waals surface area contributed by atoms with Crippen molar-refractivity contribution in [1.82, 2.24) is 0 Å². The van der Waals surface area contributed by atoms with Gasteiger partial charge in [-0.15, -0.1) is 6.07 Å². The molecule has 0 aliphatic carbocycles. The van der Waals surface area contributed by atoms with Crippen molar-refractivity contribution >= 4 is 21.7 Å². The summed E-state index contributed by atoms with van der Waals surface area (Å²) in [5.74, 6) is 0. The largest absolute Gasteiger partial charge is 0.278 e. The van der Waals surface area contributed by atoms with Crippen LogP contribution in [0.5, 0.6) is 0 Å². The molecule has 1 heteroatoms. The number of aryl methyl sites for hydroxylation is 2. The van der Waals surface area contributed by atoms with Crippen LogP contribution in [-0.2, 0) is 6.42 Å². The van der Waals surface area contributed by atoms with Crippen LogP contribution in [-0.4, -0.2) is 0 Å². The Labute approximate surface area is 162 Å². The first-order chi connectivity index (χ1) is 12.8. The highest BCUT2D eigenvalue weighted by Crippen LogP contribution is 2.28. The zero-order chi connectivity index (χ0) is 19.2. The average Bonchev–Trinajstić information content (AvgIpc) is 2.58. The Morgan fingerprint density at radius 1 is 0.815 bits per heavy atom. The number of nitrogens with zero attached hydrogens (tertiary/aromatic N) is 1. The maximum Gasteiger partial charge on any atom is 0.152 e. The van der Waals surface area contributed by atoms with Gasteiger partial charge in [-0.25, -0.2) is 0 Å². The molecule has 0 aliphatic heterocycles. The van der Waals surface area contributed by atoms with Gasteiger partial charge in [-0.3, -0.25) is 4.57 Å². The van der Waals surface area contributed by atoms with E-state index in [0.29, 0.717) is 5.41 Å². The Morgan fingerprint density at radius 2 is 1.56 bits per heavy atom. The Kier molecular flexibility index (Phi) is 4.26. The van der Waals surface area contributed by atoms with Crippen molar-refractivity contribution in [2.75, 3.05) is 0 Å². The molecule has 136 valence electrons. The lowest BCUT2D eigenvalue weighted by Gasteiger charge is -2.18. The Morgan fingerprint density at radius 3 is 2.26 bits per heavy atom. The molecule has 4 aromatic rings.